The van der Waals surface area contributed by atoms with Gasteiger partial charge in [-0.15, -0.1) is 12.4 Å². The van der Waals surface area contributed by atoms with Crippen LogP contribution in [0.1, 0.15) is 50.8 Å². The van der Waals surface area contributed by atoms with Crippen LogP contribution in [0.4, 0.5) is 4.79 Å². The number of nitrogens with one attached hydrogen (secondary N) is 1. The number of benzene rings is 1. The van der Waals surface area contributed by atoms with Crippen molar-refractivity contribution in [1.29, 1.82) is 5.26 Å². The molecule has 1 saturated heterocycles. The van der Waals surface area contributed by atoms with Gasteiger partial charge < -0.3 is 14.8 Å². The van der Waals surface area contributed by atoms with E-state index in [1.807, 2.05) is 43.5 Å². The first-order chi connectivity index (χ1) is 18.0. The van der Waals surface area contributed by atoms with E-state index >= 15 is 0 Å². The summed E-state index contributed by atoms with van der Waals surface area (Å²) >= 11 is 0. The van der Waals surface area contributed by atoms with E-state index in [0.717, 1.165) is 42.5 Å². The molecule has 2 heterocycles. The number of esters is 1. The summed E-state index contributed by atoms with van der Waals surface area (Å²) in [4.78, 5) is 29.3. The van der Waals surface area contributed by atoms with Gasteiger partial charge in [-0.05, 0) is 87.1 Å². The zero-order chi connectivity index (χ0) is 25.9. The van der Waals surface area contributed by atoms with Crippen molar-refractivity contribution in [3.63, 3.8) is 0 Å². The first-order valence-electron chi connectivity index (χ1n) is 13.3. The first kappa shape index (κ1) is 27.7. The SMILES string of the molecule is CCOC(=O)N[C@@H]1CC[C@@H]2[C@@H](C1)C[C@H]1C(=O)O[C@H](C)[C@H]1[C@H]2/C=C/c1ccc(-c2cccc(C#N)c2)cn1.Cl. The lowest BCUT2D eigenvalue weighted by molar-refractivity contribution is -0.144. The predicted molar refractivity (Wildman–Crippen MR) is 146 cm³/mol. The molecule has 3 aliphatic rings. The van der Waals surface area contributed by atoms with Crippen LogP contribution in [-0.4, -0.2) is 35.8 Å². The number of hydrogen-bond acceptors (Lipinski definition) is 6. The van der Waals surface area contributed by atoms with Gasteiger partial charge >= 0.3 is 12.1 Å². The molecule has 0 bridgehead atoms. The number of carbonyl (C=O) groups excluding carboxylic acids is 2. The molecule has 7 atom stereocenters. The summed E-state index contributed by atoms with van der Waals surface area (Å²) in [7, 11) is 0. The molecule has 1 aromatic carbocycles. The van der Waals surface area contributed by atoms with E-state index in [4.69, 9.17) is 9.47 Å². The summed E-state index contributed by atoms with van der Waals surface area (Å²) in [5.41, 5.74) is 3.40. The molecule has 3 fully saturated rings. The number of amides is 1. The summed E-state index contributed by atoms with van der Waals surface area (Å²) in [5, 5.41) is 12.2. The van der Waals surface area contributed by atoms with Crippen LogP contribution in [0.15, 0.2) is 48.7 Å². The number of cyclic esters (lactones) is 1. The van der Waals surface area contributed by atoms with Crippen LogP contribution >= 0.6 is 12.4 Å². The number of allylic oxidation sites excluding steroid dienone is 1. The third-order valence-electron chi connectivity index (χ3n) is 8.35. The number of hydrogen-bond donors (Lipinski definition) is 1. The van der Waals surface area contributed by atoms with Gasteiger partial charge in [-0.1, -0.05) is 24.3 Å². The number of carbonyl (C=O) groups is 2. The van der Waals surface area contributed by atoms with Crippen molar-refractivity contribution in [3.8, 4) is 17.2 Å². The van der Waals surface area contributed by atoms with Crippen LogP contribution in [-0.2, 0) is 14.3 Å². The summed E-state index contributed by atoms with van der Waals surface area (Å²) in [5.74, 6) is 0.960. The fourth-order valence-electron chi connectivity index (χ4n) is 6.74. The number of halogens is 1. The number of alkyl carbamates (subject to hydrolysis) is 1. The second-order valence-corrected chi connectivity index (χ2v) is 10.5. The zero-order valence-corrected chi connectivity index (χ0v) is 22.5. The van der Waals surface area contributed by atoms with Gasteiger partial charge in [0, 0.05) is 23.7 Å². The Bertz CT molecular complexity index is 1220. The fourth-order valence-corrected chi connectivity index (χ4v) is 6.74. The van der Waals surface area contributed by atoms with Gasteiger partial charge in [0.05, 0.1) is 29.9 Å². The minimum atomic E-state index is -0.362. The lowest BCUT2D eigenvalue weighted by atomic mass is 9.57. The molecule has 2 saturated carbocycles. The summed E-state index contributed by atoms with van der Waals surface area (Å²) in [6.07, 6.45) is 9.24. The van der Waals surface area contributed by atoms with Gasteiger partial charge in [-0.25, -0.2) is 4.79 Å². The van der Waals surface area contributed by atoms with Crippen molar-refractivity contribution in [1.82, 2.24) is 10.3 Å². The van der Waals surface area contributed by atoms with E-state index < -0.39 is 0 Å². The van der Waals surface area contributed by atoms with E-state index in [0.29, 0.717) is 24.0 Å². The molecule has 0 spiro atoms. The quantitative estimate of drug-likeness (QED) is 0.487. The lowest BCUT2D eigenvalue weighted by Crippen LogP contribution is -2.48. The molecule has 0 radical (unpaired) electrons. The van der Waals surface area contributed by atoms with Crippen molar-refractivity contribution in [2.24, 2.45) is 29.6 Å². The molecule has 2 aliphatic carbocycles. The standard InChI is InChI=1S/C30H33N3O4.ClH/c1-3-36-30(35)33-24-10-11-25-22(14-24)15-27-28(18(2)37-29(27)34)26(25)12-9-23-8-7-21(17-32-23)20-6-4-5-19(13-20)16-31;/h4-9,12-13,17-18,22,24-28H,3,10-11,14-15H2,1-2H3,(H,33,35);1H/b12-9+;/t18-,22+,24-,25-,26+,27-,28+;/m1./s1. The summed E-state index contributed by atoms with van der Waals surface area (Å²) < 4.78 is 10.8. The van der Waals surface area contributed by atoms with Crippen LogP contribution in [0.2, 0.25) is 0 Å². The Kier molecular flexibility index (Phi) is 8.73. The van der Waals surface area contributed by atoms with Crippen molar-refractivity contribution in [2.45, 2.75) is 51.7 Å². The fraction of sp³-hybridized carbons (Fsp3) is 0.467. The monoisotopic (exact) mass is 535 g/mol. The first-order valence-corrected chi connectivity index (χ1v) is 13.3. The maximum absolute atomic E-state index is 12.7. The highest BCUT2D eigenvalue weighted by Crippen LogP contribution is 2.53. The van der Waals surface area contributed by atoms with Gasteiger partial charge in [0.25, 0.3) is 0 Å². The number of pyridine rings is 1. The second-order valence-electron chi connectivity index (χ2n) is 10.5. The largest absolute Gasteiger partial charge is 0.462 e. The Hall–Kier alpha value is -3.37. The lowest BCUT2D eigenvalue weighted by Gasteiger charge is -2.47. The number of aromatic nitrogens is 1. The highest BCUT2D eigenvalue weighted by molar-refractivity contribution is 5.85. The van der Waals surface area contributed by atoms with E-state index in [-0.39, 0.29) is 54.4 Å². The highest BCUT2D eigenvalue weighted by Gasteiger charge is 2.54. The normalized spacial score (nSPS) is 29.8. The third kappa shape index (κ3) is 5.71. The van der Waals surface area contributed by atoms with E-state index in [1.165, 1.54) is 0 Å². The Morgan fingerprint density at radius 2 is 2.08 bits per heavy atom. The molecule has 1 amide bonds. The Morgan fingerprint density at radius 3 is 2.82 bits per heavy atom. The minimum Gasteiger partial charge on any atom is -0.462 e. The predicted octanol–water partition coefficient (Wildman–Crippen LogP) is 5.78. The van der Waals surface area contributed by atoms with Gasteiger partial charge in [0.1, 0.15) is 6.10 Å². The molecule has 1 N–H and O–H groups in total. The zero-order valence-electron chi connectivity index (χ0n) is 21.7. The Labute approximate surface area is 230 Å². The Morgan fingerprint density at radius 1 is 1.24 bits per heavy atom. The second kappa shape index (κ2) is 12.0. The maximum atomic E-state index is 12.7. The molecule has 8 heteroatoms. The number of rotatable bonds is 5. The molecular weight excluding hydrogens is 502 g/mol. The molecular formula is C30H34ClN3O4. The maximum Gasteiger partial charge on any atom is 0.407 e. The third-order valence-corrected chi connectivity index (χ3v) is 8.35. The molecule has 0 unspecified atom stereocenters. The summed E-state index contributed by atoms with van der Waals surface area (Å²) in [6.45, 7) is 4.17. The Balaban J connectivity index is 0.00000336. The van der Waals surface area contributed by atoms with Crippen LogP contribution in [0, 0.1) is 40.9 Å². The molecule has 5 rings (SSSR count). The molecule has 1 aliphatic heterocycles. The number of nitrogens with zero attached hydrogens (tertiary/aromatic N) is 2. The van der Waals surface area contributed by atoms with Crippen molar-refractivity contribution in [3.05, 3.63) is 59.9 Å². The van der Waals surface area contributed by atoms with Crippen LogP contribution in [0.5, 0.6) is 0 Å². The molecule has 1 aromatic heterocycles. The van der Waals surface area contributed by atoms with Gasteiger partial charge in [0.2, 0.25) is 0 Å². The van der Waals surface area contributed by atoms with Gasteiger partial charge in [-0.3, -0.25) is 9.78 Å². The molecule has 2 aromatic rings. The minimum absolute atomic E-state index is 0. The van der Waals surface area contributed by atoms with Crippen molar-refractivity contribution in [2.75, 3.05) is 6.61 Å². The summed E-state index contributed by atoms with van der Waals surface area (Å²) in [6, 6.07) is 13.8. The number of nitriles is 1. The van der Waals surface area contributed by atoms with Crippen LogP contribution in [0.25, 0.3) is 17.2 Å². The average molecular weight is 536 g/mol. The van der Waals surface area contributed by atoms with Gasteiger partial charge in [0.15, 0.2) is 0 Å². The average Bonchev–Trinajstić information content (AvgIpc) is 3.19. The number of fused-ring (bicyclic) bond motifs is 2. The van der Waals surface area contributed by atoms with E-state index in [9.17, 15) is 14.9 Å². The number of ether oxygens (including phenoxy) is 2. The highest BCUT2D eigenvalue weighted by atomic mass is 35.5. The van der Waals surface area contributed by atoms with Gasteiger partial charge in [-0.2, -0.15) is 5.26 Å². The molecule has 38 heavy (non-hydrogen) atoms. The van der Waals surface area contributed by atoms with Crippen LogP contribution < -0.4 is 5.32 Å². The van der Waals surface area contributed by atoms with Crippen molar-refractivity contribution < 1.29 is 19.1 Å². The van der Waals surface area contributed by atoms with E-state index in [2.05, 4.69) is 28.5 Å². The van der Waals surface area contributed by atoms with Crippen LogP contribution in [0.3, 0.4) is 0 Å². The molecule has 200 valence electrons. The smallest absolute Gasteiger partial charge is 0.407 e. The van der Waals surface area contributed by atoms with E-state index in [1.54, 1.807) is 13.0 Å². The van der Waals surface area contributed by atoms with Crippen molar-refractivity contribution >= 4 is 30.5 Å². The molecule has 7 nitrogen and oxygen atoms in total. The topological polar surface area (TPSA) is 101 Å².